The molecular weight excluding hydrogens is 534 g/mol. The third kappa shape index (κ3) is 4.83. The number of piperidine rings is 1. The van der Waals surface area contributed by atoms with Gasteiger partial charge in [-0.1, -0.05) is 24.8 Å². The minimum absolute atomic E-state index is 0.199. The highest BCUT2D eigenvalue weighted by molar-refractivity contribution is 9.10. The molecular formula is C28H28BrN5O3. The van der Waals surface area contributed by atoms with Gasteiger partial charge in [0.1, 0.15) is 11.6 Å². The fourth-order valence-corrected chi connectivity index (χ4v) is 5.40. The van der Waals surface area contributed by atoms with Crippen molar-refractivity contribution in [3.8, 4) is 28.5 Å². The van der Waals surface area contributed by atoms with Crippen molar-refractivity contribution in [2.45, 2.75) is 19.3 Å². The second-order valence-corrected chi connectivity index (χ2v) is 10.4. The number of rotatable bonds is 7. The number of fused-ring (bicyclic) bond motifs is 2. The highest BCUT2D eigenvalue weighted by Gasteiger charge is 2.22. The molecule has 2 aromatic carbocycles. The molecule has 9 heteroatoms. The van der Waals surface area contributed by atoms with Crippen LogP contribution in [0.1, 0.15) is 18.4 Å². The van der Waals surface area contributed by atoms with Crippen LogP contribution in [0, 0.1) is 5.92 Å². The predicted molar refractivity (Wildman–Crippen MR) is 146 cm³/mol. The second kappa shape index (κ2) is 9.97. The van der Waals surface area contributed by atoms with Crippen LogP contribution >= 0.6 is 15.9 Å². The van der Waals surface area contributed by atoms with E-state index >= 15 is 0 Å². The maximum absolute atomic E-state index is 10.4. The van der Waals surface area contributed by atoms with Gasteiger partial charge in [0.2, 0.25) is 6.79 Å². The number of aromatic nitrogens is 3. The lowest BCUT2D eigenvalue weighted by Gasteiger charge is -2.36. The number of halogens is 1. The molecule has 6 rings (SSSR count). The van der Waals surface area contributed by atoms with Gasteiger partial charge in [0.25, 0.3) is 0 Å². The molecule has 4 aromatic rings. The molecule has 2 aliphatic heterocycles. The van der Waals surface area contributed by atoms with Crippen molar-refractivity contribution < 1.29 is 14.6 Å². The van der Waals surface area contributed by atoms with Crippen molar-refractivity contribution in [3.63, 3.8) is 0 Å². The minimum atomic E-state index is 0.199. The van der Waals surface area contributed by atoms with Gasteiger partial charge in [-0.2, -0.15) is 9.61 Å². The van der Waals surface area contributed by atoms with Gasteiger partial charge in [-0.05, 0) is 64.5 Å². The standard InChI is InChI=1S/C28H28BrN5O3/c1-18(11-19-8-9-25-26(12-19)37-17-36-25)33-10-4-5-20(16-33)14-30-27-13-23(21-6-2-3-7-24(21)35)32-28-22(29)15-31-34(27)28/h2-3,6-9,12-13,15,20,30,35H,1,4-5,10-11,14,16-17H2. The van der Waals surface area contributed by atoms with Crippen LogP contribution in [0.5, 0.6) is 17.2 Å². The number of ether oxygens (including phenoxy) is 2. The Morgan fingerprint density at radius 3 is 2.92 bits per heavy atom. The van der Waals surface area contributed by atoms with E-state index in [9.17, 15) is 5.11 Å². The average molecular weight is 562 g/mol. The Balaban J connectivity index is 1.15. The quantitative estimate of drug-likeness (QED) is 0.309. The first kappa shape index (κ1) is 23.7. The zero-order valence-electron chi connectivity index (χ0n) is 20.4. The van der Waals surface area contributed by atoms with Crippen molar-refractivity contribution in [2.24, 2.45) is 5.92 Å². The lowest BCUT2D eigenvalue weighted by atomic mass is 9.96. The van der Waals surface area contributed by atoms with Crippen LogP contribution < -0.4 is 14.8 Å². The molecule has 4 heterocycles. The third-order valence-corrected chi connectivity index (χ3v) is 7.55. The smallest absolute Gasteiger partial charge is 0.231 e. The summed E-state index contributed by atoms with van der Waals surface area (Å²) in [7, 11) is 0. The Bertz CT molecular complexity index is 1470. The van der Waals surface area contributed by atoms with E-state index in [2.05, 4.69) is 50.0 Å². The van der Waals surface area contributed by atoms with Gasteiger partial charge in [-0.25, -0.2) is 4.98 Å². The maximum atomic E-state index is 10.4. The molecule has 1 saturated heterocycles. The first-order valence-corrected chi connectivity index (χ1v) is 13.2. The monoisotopic (exact) mass is 561 g/mol. The maximum Gasteiger partial charge on any atom is 0.231 e. The van der Waals surface area contributed by atoms with E-state index in [-0.39, 0.29) is 12.5 Å². The summed E-state index contributed by atoms with van der Waals surface area (Å²) in [6.45, 7) is 7.44. The van der Waals surface area contributed by atoms with Crippen molar-refractivity contribution in [1.29, 1.82) is 0 Å². The average Bonchev–Trinajstić information content (AvgIpc) is 3.54. The number of hydrogen-bond acceptors (Lipinski definition) is 7. The van der Waals surface area contributed by atoms with Crippen LogP contribution in [0.4, 0.5) is 5.82 Å². The number of benzene rings is 2. The van der Waals surface area contributed by atoms with Gasteiger partial charge in [0.05, 0.1) is 16.4 Å². The van der Waals surface area contributed by atoms with E-state index in [1.165, 1.54) is 5.56 Å². The molecule has 2 aromatic heterocycles. The normalized spacial score (nSPS) is 16.8. The van der Waals surface area contributed by atoms with Gasteiger partial charge in [-0.15, -0.1) is 0 Å². The Hall–Kier alpha value is -3.72. The Morgan fingerprint density at radius 2 is 2.03 bits per heavy atom. The number of hydrogen-bond donors (Lipinski definition) is 2. The van der Waals surface area contributed by atoms with Crippen LogP contribution in [0.15, 0.2) is 71.5 Å². The number of allylic oxidation sites excluding steroid dienone is 1. The van der Waals surface area contributed by atoms with Crippen molar-refractivity contribution in [1.82, 2.24) is 19.5 Å². The molecule has 1 fully saturated rings. The summed E-state index contributed by atoms with van der Waals surface area (Å²) in [4.78, 5) is 7.14. The number of aromatic hydroxyl groups is 1. The van der Waals surface area contributed by atoms with Gasteiger partial charge in [0.15, 0.2) is 17.1 Å². The van der Waals surface area contributed by atoms with Crippen LogP contribution in [0.25, 0.3) is 16.9 Å². The SMILES string of the molecule is C=C(Cc1ccc2c(c1)OCO2)N1CCCC(CNc2cc(-c3ccccc3O)nc3c(Br)cnn23)C1. The summed E-state index contributed by atoms with van der Waals surface area (Å²) < 4.78 is 13.6. The van der Waals surface area contributed by atoms with Crippen LogP contribution in [0.2, 0.25) is 0 Å². The third-order valence-electron chi connectivity index (χ3n) is 6.99. The molecule has 190 valence electrons. The molecule has 0 saturated carbocycles. The van der Waals surface area contributed by atoms with E-state index in [0.717, 1.165) is 66.4 Å². The fraction of sp³-hybridized carbons (Fsp3) is 0.286. The van der Waals surface area contributed by atoms with Gasteiger partial charge >= 0.3 is 0 Å². The summed E-state index contributed by atoms with van der Waals surface area (Å²) in [6.07, 6.45) is 4.79. The molecule has 0 bridgehead atoms. The fourth-order valence-electron chi connectivity index (χ4n) is 5.06. The zero-order valence-corrected chi connectivity index (χ0v) is 21.9. The van der Waals surface area contributed by atoms with E-state index < -0.39 is 0 Å². The van der Waals surface area contributed by atoms with Gasteiger partial charge < -0.3 is 24.8 Å². The number of likely N-dealkylation sites (tertiary alicyclic amines) is 1. The zero-order chi connectivity index (χ0) is 25.4. The molecule has 0 radical (unpaired) electrons. The van der Waals surface area contributed by atoms with Gasteiger partial charge in [-0.3, -0.25) is 0 Å². The number of phenols is 1. The second-order valence-electron chi connectivity index (χ2n) is 9.54. The first-order chi connectivity index (χ1) is 18.0. The highest BCUT2D eigenvalue weighted by atomic mass is 79.9. The summed E-state index contributed by atoms with van der Waals surface area (Å²) >= 11 is 3.55. The van der Waals surface area contributed by atoms with Crippen LogP contribution in [-0.2, 0) is 6.42 Å². The van der Waals surface area contributed by atoms with Crippen molar-refractivity contribution in [3.05, 3.63) is 77.0 Å². The Kier molecular flexibility index (Phi) is 6.38. The molecule has 37 heavy (non-hydrogen) atoms. The first-order valence-electron chi connectivity index (χ1n) is 12.4. The largest absolute Gasteiger partial charge is 0.507 e. The van der Waals surface area contributed by atoms with Gasteiger partial charge in [0, 0.05) is 43.4 Å². The summed E-state index contributed by atoms with van der Waals surface area (Å²) in [6, 6.07) is 15.3. The lowest BCUT2D eigenvalue weighted by molar-refractivity contribution is 0.174. The molecule has 1 unspecified atom stereocenters. The topological polar surface area (TPSA) is 84.2 Å². The highest BCUT2D eigenvalue weighted by Crippen LogP contribution is 2.34. The summed E-state index contributed by atoms with van der Waals surface area (Å²) in [5.41, 5.74) is 4.37. The van der Waals surface area contributed by atoms with Crippen molar-refractivity contribution in [2.75, 3.05) is 31.7 Å². The van der Waals surface area contributed by atoms with E-state index in [4.69, 9.17) is 14.5 Å². The number of para-hydroxylation sites is 1. The number of nitrogens with one attached hydrogen (secondary N) is 1. The summed E-state index contributed by atoms with van der Waals surface area (Å²) in [5.74, 6) is 3.11. The Morgan fingerprint density at radius 1 is 1.16 bits per heavy atom. The molecule has 0 spiro atoms. The van der Waals surface area contributed by atoms with Crippen molar-refractivity contribution >= 4 is 27.4 Å². The number of nitrogens with zero attached hydrogens (tertiary/aromatic N) is 4. The summed E-state index contributed by atoms with van der Waals surface area (Å²) in [5, 5.41) is 18.5. The Labute approximate surface area is 223 Å². The molecule has 0 aliphatic carbocycles. The van der Waals surface area contributed by atoms with Crippen LogP contribution in [-0.4, -0.2) is 51.0 Å². The van der Waals surface area contributed by atoms with E-state index in [0.29, 0.717) is 22.8 Å². The molecule has 2 aliphatic rings. The molecule has 1 atom stereocenters. The number of anilines is 1. The number of phenolic OH excluding ortho intramolecular Hbond substituents is 1. The lowest BCUT2D eigenvalue weighted by Crippen LogP contribution is -2.37. The molecule has 8 nitrogen and oxygen atoms in total. The van der Waals surface area contributed by atoms with E-state index in [1.807, 2.05) is 24.3 Å². The van der Waals surface area contributed by atoms with Crippen LogP contribution in [0.3, 0.4) is 0 Å². The minimum Gasteiger partial charge on any atom is -0.507 e. The van der Waals surface area contributed by atoms with E-state index in [1.54, 1.807) is 22.8 Å². The molecule has 0 amide bonds. The predicted octanol–water partition coefficient (Wildman–Crippen LogP) is 5.47. The molecule has 2 N–H and O–H groups in total.